The summed E-state index contributed by atoms with van der Waals surface area (Å²) in [4.78, 5) is 27.2. The highest BCUT2D eigenvalue weighted by Crippen LogP contribution is 2.29. The fourth-order valence-corrected chi connectivity index (χ4v) is 2.03. The van der Waals surface area contributed by atoms with E-state index in [-0.39, 0.29) is 21.6 Å². The highest BCUT2D eigenvalue weighted by molar-refractivity contribution is 6.34. The molecule has 0 aliphatic rings. The molecule has 2 aromatic rings. The molecule has 0 radical (unpaired) electrons. The van der Waals surface area contributed by atoms with Gasteiger partial charge >= 0.3 is 12.1 Å². The molecular formula is C15H9Cl2F3N2O3. The smallest absolute Gasteiger partial charge is 0.416 e. The van der Waals surface area contributed by atoms with Gasteiger partial charge in [-0.2, -0.15) is 13.2 Å². The number of carbonyl (C=O) groups is 2. The van der Waals surface area contributed by atoms with Crippen LogP contribution in [0, 0.1) is 0 Å². The van der Waals surface area contributed by atoms with Crippen molar-refractivity contribution >= 4 is 40.8 Å². The Bertz CT molecular complexity index is 796. The van der Waals surface area contributed by atoms with Crippen LogP contribution < -0.4 is 5.32 Å². The molecular weight excluding hydrogens is 384 g/mol. The Morgan fingerprint density at radius 3 is 2.32 bits per heavy atom. The fourth-order valence-electron chi connectivity index (χ4n) is 1.70. The van der Waals surface area contributed by atoms with Crippen molar-refractivity contribution in [3.63, 3.8) is 0 Å². The number of benzene rings is 1. The van der Waals surface area contributed by atoms with E-state index in [1.54, 1.807) is 0 Å². The zero-order chi connectivity index (χ0) is 18.6. The van der Waals surface area contributed by atoms with Gasteiger partial charge in [-0.3, -0.25) is 4.79 Å². The molecule has 1 aromatic heterocycles. The lowest BCUT2D eigenvalue weighted by Crippen LogP contribution is -2.21. The largest absolute Gasteiger partial charge is 0.451 e. The van der Waals surface area contributed by atoms with Crippen molar-refractivity contribution < 1.29 is 27.5 Å². The van der Waals surface area contributed by atoms with E-state index in [9.17, 15) is 22.8 Å². The number of alkyl halides is 3. The van der Waals surface area contributed by atoms with Crippen LogP contribution in [-0.2, 0) is 15.7 Å². The Hall–Kier alpha value is -2.32. The Morgan fingerprint density at radius 2 is 1.72 bits per heavy atom. The Labute approximate surface area is 149 Å². The van der Waals surface area contributed by atoms with E-state index in [0.29, 0.717) is 0 Å². The molecule has 132 valence electrons. The number of carbonyl (C=O) groups excluding carboxylic acids is 2. The van der Waals surface area contributed by atoms with Crippen LogP contribution in [0.5, 0.6) is 0 Å². The number of nitrogens with zero attached hydrogens (tertiary/aromatic N) is 1. The van der Waals surface area contributed by atoms with Crippen LogP contribution in [0.2, 0.25) is 10.2 Å². The number of hydrogen-bond donors (Lipinski definition) is 1. The first-order chi connectivity index (χ1) is 11.7. The lowest BCUT2D eigenvalue weighted by Gasteiger charge is -2.09. The van der Waals surface area contributed by atoms with Crippen LogP contribution in [0.4, 0.5) is 18.9 Å². The SMILES string of the molecule is O=C(COC(=O)c1nc(Cl)ccc1Cl)Nc1ccc(C(F)(F)F)cc1. The van der Waals surface area contributed by atoms with Gasteiger partial charge < -0.3 is 10.1 Å². The number of pyridine rings is 1. The second kappa shape index (κ2) is 7.71. The standard InChI is InChI=1S/C15H9Cl2F3N2O3/c16-10-5-6-11(17)22-13(10)14(24)25-7-12(23)21-9-3-1-8(2-4-9)15(18,19)20/h1-6H,7H2,(H,21,23). The maximum absolute atomic E-state index is 12.4. The molecule has 1 N–H and O–H groups in total. The monoisotopic (exact) mass is 392 g/mol. The summed E-state index contributed by atoms with van der Waals surface area (Å²) in [5, 5.41) is 2.31. The molecule has 5 nitrogen and oxygen atoms in total. The number of esters is 1. The molecule has 25 heavy (non-hydrogen) atoms. The summed E-state index contributed by atoms with van der Waals surface area (Å²) in [5.41, 5.74) is -0.983. The normalized spacial score (nSPS) is 11.1. The number of halogens is 5. The van der Waals surface area contributed by atoms with Crippen LogP contribution in [0.3, 0.4) is 0 Å². The third-order valence-electron chi connectivity index (χ3n) is 2.84. The van der Waals surface area contributed by atoms with Gasteiger partial charge in [0.15, 0.2) is 12.3 Å². The Balaban J connectivity index is 1.92. The van der Waals surface area contributed by atoms with E-state index < -0.39 is 30.2 Å². The zero-order valence-electron chi connectivity index (χ0n) is 12.2. The summed E-state index contributed by atoms with van der Waals surface area (Å²) in [6.07, 6.45) is -4.47. The van der Waals surface area contributed by atoms with E-state index in [2.05, 4.69) is 10.3 Å². The van der Waals surface area contributed by atoms with Crippen molar-refractivity contribution in [1.82, 2.24) is 4.98 Å². The number of anilines is 1. The summed E-state index contributed by atoms with van der Waals surface area (Å²) in [6.45, 7) is -0.676. The average molecular weight is 393 g/mol. The third-order valence-corrected chi connectivity index (χ3v) is 3.35. The number of hydrogen-bond acceptors (Lipinski definition) is 4. The van der Waals surface area contributed by atoms with Gasteiger partial charge in [-0.05, 0) is 36.4 Å². The van der Waals surface area contributed by atoms with E-state index in [0.717, 1.165) is 24.3 Å². The van der Waals surface area contributed by atoms with E-state index >= 15 is 0 Å². The summed E-state index contributed by atoms with van der Waals surface area (Å²) in [6, 6.07) is 6.51. The first kappa shape index (κ1) is 19.0. The van der Waals surface area contributed by atoms with Gasteiger partial charge in [-0.15, -0.1) is 0 Å². The van der Waals surface area contributed by atoms with Gasteiger partial charge in [0.1, 0.15) is 5.15 Å². The van der Waals surface area contributed by atoms with Gasteiger partial charge in [0, 0.05) is 5.69 Å². The van der Waals surface area contributed by atoms with Crippen molar-refractivity contribution in [3.8, 4) is 0 Å². The van der Waals surface area contributed by atoms with Crippen LogP contribution in [0.15, 0.2) is 36.4 Å². The van der Waals surface area contributed by atoms with Crippen molar-refractivity contribution in [1.29, 1.82) is 0 Å². The van der Waals surface area contributed by atoms with Crippen LogP contribution in [0.25, 0.3) is 0 Å². The van der Waals surface area contributed by atoms with Gasteiger partial charge in [-0.1, -0.05) is 23.2 Å². The molecule has 0 unspecified atom stereocenters. The van der Waals surface area contributed by atoms with Gasteiger partial charge in [0.05, 0.1) is 10.6 Å². The average Bonchev–Trinajstić information content (AvgIpc) is 2.54. The molecule has 0 bridgehead atoms. The minimum absolute atomic E-state index is 0.00227. The van der Waals surface area contributed by atoms with Gasteiger partial charge in [-0.25, -0.2) is 9.78 Å². The first-order valence-corrected chi connectivity index (χ1v) is 7.38. The first-order valence-electron chi connectivity index (χ1n) is 6.63. The molecule has 10 heteroatoms. The van der Waals surface area contributed by atoms with Crippen LogP contribution in [0.1, 0.15) is 16.1 Å². The van der Waals surface area contributed by atoms with Gasteiger partial charge in [0.25, 0.3) is 5.91 Å². The number of nitrogens with one attached hydrogen (secondary N) is 1. The summed E-state index contributed by atoms with van der Waals surface area (Å²) < 4.78 is 42.1. The predicted molar refractivity (Wildman–Crippen MR) is 84.6 cm³/mol. The highest BCUT2D eigenvalue weighted by atomic mass is 35.5. The zero-order valence-corrected chi connectivity index (χ0v) is 13.7. The predicted octanol–water partition coefficient (Wildman–Crippen LogP) is 4.20. The van der Waals surface area contributed by atoms with Crippen LogP contribution >= 0.6 is 23.2 Å². The minimum Gasteiger partial charge on any atom is -0.451 e. The summed E-state index contributed by atoms with van der Waals surface area (Å²) >= 11 is 11.4. The topological polar surface area (TPSA) is 68.3 Å². The number of ether oxygens (including phenoxy) is 1. The molecule has 0 fully saturated rings. The number of aromatic nitrogens is 1. The molecule has 1 aromatic carbocycles. The van der Waals surface area contributed by atoms with Crippen molar-refractivity contribution in [2.24, 2.45) is 0 Å². The molecule has 0 aliphatic heterocycles. The quantitative estimate of drug-likeness (QED) is 0.625. The molecule has 1 heterocycles. The molecule has 2 rings (SSSR count). The van der Waals surface area contributed by atoms with Crippen LogP contribution in [-0.4, -0.2) is 23.5 Å². The highest BCUT2D eigenvalue weighted by Gasteiger charge is 2.30. The molecule has 1 amide bonds. The van der Waals surface area contributed by atoms with E-state index in [1.165, 1.54) is 12.1 Å². The maximum Gasteiger partial charge on any atom is 0.416 e. The molecule has 0 spiro atoms. The second-order valence-electron chi connectivity index (χ2n) is 4.66. The maximum atomic E-state index is 12.4. The minimum atomic E-state index is -4.47. The fraction of sp³-hybridized carbons (Fsp3) is 0.133. The van der Waals surface area contributed by atoms with Crippen molar-refractivity contribution in [2.45, 2.75) is 6.18 Å². The summed E-state index contributed by atoms with van der Waals surface area (Å²) in [7, 11) is 0. The van der Waals surface area contributed by atoms with E-state index in [4.69, 9.17) is 27.9 Å². The van der Waals surface area contributed by atoms with Crippen molar-refractivity contribution in [2.75, 3.05) is 11.9 Å². The Morgan fingerprint density at radius 1 is 1.08 bits per heavy atom. The van der Waals surface area contributed by atoms with E-state index in [1.807, 2.05) is 0 Å². The van der Waals surface area contributed by atoms with Gasteiger partial charge in [0.2, 0.25) is 0 Å². The molecule has 0 atom stereocenters. The summed E-state index contributed by atoms with van der Waals surface area (Å²) in [5.74, 6) is -1.71. The molecule has 0 aliphatic carbocycles. The lowest BCUT2D eigenvalue weighted by molar-refractivity contribution is -0.137. The number of amides is 1. The molecule has 0 saturated carbocycles. The second-order valence-corrected chi connectivity index (χ2v) is 5.46. The molecule has 0 saturated heterocycles. The lowest BCUT2D eigenvalue weighted by atomic mass is 10.2. The van der Waals surface area contributed by atoms with Crippen molar-refractivity contribution in [3.05, 3.63) is 57.8 Å². The number of rotatable bonds is 4. The Kier molecular flexibility index (Phi) is 5.86. The third kappa shape index (κ3) is 5.33.